The maximum absolute atomic E-state index is 3.72. The number of hydrogen-bond donors (Lipinski definition) is 1. The van der Waals surface area contributed by atoms with Gasteiger partial charge >= 0.3 is 0 Å². The quantitative estimate of drug-likeness (QED) is 0.316. The van der Waals surface area contributed by atoms with Crippen LogP contribution in [0.25, 0.3) is 82.0 Å². The lowest BCUT2D eigenvalue weighted by Gasteiger charge is -2.24. The van der Waals surface area contributed by atoms with E-state index in [-0.39, 0.29) is 0 Å². The van der Waals surface area contributed by atoms with Crippen LogP contribution in [-0.2, 0) is 0 Å². The second-order valence-electron chi connectivity index (χ2n) is 12.4. The van der Waals surface area contributed by atoms with Gasteiger partial charge in [-0.05, 0) is 56.9 Å². The van der Waals surface area contributed by atoms with Gasteiger partial charge in [0.2, 0.25) is 0 Å². The fourth-order valence-electron chi connectivity index (χ4n) is 7.85. The van der Waals surface area contributed by atoms with Crippen molar-refractivity contribution in [2.45, 2.75) is 0 Å². The van der Waals surface area contributed by atoms with Crippen molar-refractivity contribution in [2.24, 2.45) is 0 Å². The highest BCUT2D eigenvalue weighted by atomic mass is 15.0. The minimum absolute atomic E-state index is 1.17. The van der Waals surface area contributed by atoms with E-state index in [1.807, 2.05) is 0 Å². The van der Waals surface area contributed by atoms with E-state index in [0.29, 0.717) is 0 Å². The van der Waals surface area contributed by atoms with E-state index in [4.69, 9.17) is 0 Å². The van der Waals surface area contributed by atoms with Crippen LogP contribution in [0.5, 0.6) is 0 Å². The van der Waals surface area contributed by atoms with Crippen LogP contribution in [0.3, 0.4) is 0 Å². The topological polar surface area (TPSA) is 20.7 Å². The molecule has 2 aromatic heterocycles. The van der Waals surface area contributed by atoms with Gasteiger partial charge in [-0.2, -0.15) is 0 Å². The smallest absolute Gasteiger partial charge is 0.141 e. The Morgan fingerprint density at radius 2 is 1.09 bits per heavy atom. The Labute approximate surface area is 259 Å². The summed E-state index contributed by atoms with van der Waals surface area (Å²) in [5, 5.41) is 10.3. The summed E-state index contributed by atoms with van der Waals surface area (Å²) in [6.07, 6.45) is 0. The summed E-state index contributed by atoms with van der Waals surface area (Å²) in [7, 11) is 9.24. The zero-order valence-electron chi connectivity index (χ0n) is 25.4. The Balaban J connectivity index is 1.44. The molecule has 0 atom stereocenters. The van der Waals surface area contributed by atoms with Gasteiger partial charge in [0, 0.05) is 38.3 Å². The Kier molecular flexibility index (Phi) is 5.32. The molecule has 44 heavy (non-hydrogen) atoms. The molecule has 2 nitrogen and oxygen atoms in total. The molecule has 0 aliphatic carbocycles. The second-order valence-corrected chi connectivity index (χ2v) is 12.4. The molecule has 0 radical (unpaired) electrons. The van der Waals surface area contributed by atoms with Gasteiger partial charge in [-0.3, -0.25) is 0 Å². The van der Waals surface area contributed by atoms with Crippen LogP contribution in [0, 0.1) is 0 Å². The number of aromatic nitrogens is 2. The number of nitrogens with one attached hydrogen (secondary N) is 1. The van der Waals surface area contributed by atoms with Crippen molar-refractivity contribution in [3.05, 3.63) is 115 Å². The van der Waals surface area contributed by atoms with E-state index in [2.05, 4.69) is 156 Å². The highest BCUT2D eigenvalue weighted by molar-refractivity contribution is 6.62. The summed E-state index contributed by atoms with van der Waals surface area (Å²) in [6.45, 7) is 0. The van der Waals surface area contributed by atoms with E-state index in [1.54, 1.807) is 0 Å². The van der Waals surface area contributed by atoms with Gasteiger partial charge in [0.25, 0.3) is 0 Å². The van der Waals surface area contributed by atoms with Gasteiger partial charge in [-0.1, -0.05) is 113 Å². The lowest BCUT2D eigenvalue weighted by Crippen LogP contribution is -2.46. The molecule has 202 valence electrons. The molecule has 1 N–H and O–H groups in total. The predicted molar refractivity (Wildman–Crippen MR) is 203 cm³/mol. The number of H-pyrrole nitrogens is 1. The molecule has 0 saturated carbocycles. The monoisotopic (exact) mass is 556 g/mol. The molecule has 9 rings (SSSR count). The zero-order valence-corrected chi connectivity index (χ0v) is 25.4. The molecule has 6 heteroatoms. The molecule has 7 aromatic carbocycles. The number of hydrogen-bond acceptors (Lipinski definition) is 0. The zero-order chi connectivity index (χ0) is 29.7. The van der Waals surface area contributed by atoms with Crippen LogP contribution < -0.4 is 21.9 Å². The van der Waals surface area contributed by atoms with Crippen LogP contribution in [0.2, 0.25) is 0 Å². The van der Waals surface area contributed by atoms with E-state index in [9.17, 15) is 0 Å². The van der Waals surface area contributed by atoms with Gasteiger partial charge in [-0.25, -0.2) is 0 Å². The largest absolute Gasteiger partial charge is 0.354 e. The lowest BCUT2D eigenvalue weighted by atomic mass is 9.64. The van der Waals surface area contributed by atoms with Gasteiger partial charge in [0.1, 0.15) is 31.4 Å². The first-order valence-electron chi connectivity index (χ1n) is 15.5. The van der Waals surface area contributed by atoms with Crippen LogP contribution in [0.4, 0.5) is 0 Å². The highest BCUT2D eigenvalue weighted by Gasteiger charge is 2.23. The molecule has 0 aliphatic heterocycles. The van der Waals surface area contributed by atoms with Crippen molar-refractivity contribution in [3.8, 4) is 16.8 Å². The SMILES string of the molecule is Bc1c(B)c(-n2c3cc4[nH]c5ccccc5c4cc3c3c4ccccc4ccc32)c(B)c(B)c1-c1cccc2ccccc12. The second kappa shape index (κ2) is 9.21. The molecule has 0 saturated heterocycles. The predicted octanol–water partition coefficient (Wildman–Crippen LogP) is 3.43. The molecule has 0 spiro atoms. The number of rotatable bonds is 2. The standard InChI is InChI=1S/C38H28B4N2/c39-34-33(25-14-7-10-20-8-1-3-11-22(20)25)35(40)37(42)38(36(34)41)44-30-17-16-21-9-2-4-12-23(21)32(30)27-18-26-24-13-5-6-15-28(24)43-29(26)19-31(27)44/h1-19,43H,39-42H2. The van der Waals surface area contributed by atoms with E-state index in [0.717, 1.165) is 0 Å². The molecule has 0 amide bonds. The Morgan fingerprint density at radius 1 is 0.455 bits per heavy atom. The number of aromatic amines is 1. The van der Waals surface area contributed by atoms with Gasteiger partial charge in [0.15, 0.2) is 0 Å². The molecule has 0 fully saturated rings. The third kappa shape index (κ3) is 3.37. The Morgan fingerprint density at radius 3 is 1.86 bits per heavy atom. The highest BCUT2D eigenvalue weighted by Crippen LogP contribution is 2.39. The number of nitrogens with zero attached hydrogens (tertiary/aromatic N) is 1. The average Bonchev–Trinajstić information content (AvgIpc) is 3.58. The van der Waals surface area contributed by atoms with Crippen LogP contribution >= 0.6 is 0 Å². The van der Waals surface area contributed by atoms with Crippen molar-refractivity contribution in [1.29, 1.82) is 0 Å². The molecule has 0 aliphatic rings. The van der Waals surface area contributed by atoms with Gasteiger partial charge in [-0.15, -0.1) is 0 Å². The third-order valence-electron chi connectivity index (χ3n) is 10.1. The van der Waals surface area contributed by atoms with Gasteiger partial charge < -0.3 is 9.55 Å². The molecule has 9 aromatic rings. The van der Waals surface area contributed by atoms with Crippen LogP contribution in [0.15, 0.2) is 115 Å². The van der Waals surface area contributed by atoms with E-state index < -0.39 is 0 Å². The summed E-state index contributed by atoms with van der Waals surface area (Å²) in [5.41, 5.74) is 14.1. The normalized spacial score (nSPS) is 12.0. The maximum Gasteiger partial charge on any atom is 0.141 e. The maximum atomic E-state index is 3.72. The fraction of sp³-hybridized carbons (Fsp3) is 0. The van der Waals surface area contributed by atoms with Crippen molar-refractivity contribution in [2.75, 3.05) is 0 Å². The third-order valence-corrected chi connectivity index (χ3v) is 10.1. The van der Waals surface area contributed by atoms with Crippen molar-refractivity contribution < 1.29 is 0 Å². The van der Waals surface area contributed by atoms with Crippen molar-refractivity contribution in [3.63, 3.8) is 0 Å². The van der Waals surface area contributed by atoms with Crippen molar-refractivity contribution >= 4 is 118 Å². The van der Waals surface area contributed by atoms with Crippen LogP contribution in [0.1, 0.15) is 0 Å². The number of benzene rings is 7. The van der Waals surface area contributed by atoms with E-state index >= 15 is 0 Å². The van der Waals surface area contributed by atoms with Gasteiger partial charge in [0.05, 0.1) is 11.0 Å². The minimum atomic E-state index is 1.17. The molecular formula is C38H28B4N2. The molecule has 2 heterocycles. The van der Waals surface area contributed by atoms with Crippen molar-refractivity contribution in [1.82, 2.24) is 9.55 Å². The minimum Gasteiger partial charge on any atom is -0.354 e. The van der Waals surface area contributed by atoms with E-state index in [1.165, 1.54) is 104 Å². The Bertz CT molecular complexity index is 2630. The lowest BCUT2D eigenvalue weighted by molar-refractivity contribution is 1.21. The number of para-hydroxylation sites is 1. The molecular weight excluding hydrogens is 528 g/mol. The summed E-state index contributed by atoms with van der Waals surface area (Å²) in [5.74, 6) is 0. The first kappa shape index (κ1) is 25.4. The summed E-state index contributed by atoms with van der Waals surface area (Å²) < 4.78 is 2.54. The molecule has 0 unspecified atom stereocenters. The number of fused-ring (bicyclic) bond motifs is 9. The van der Waals surface area contributed by atoms with Crippen LogP contribution in [-0.4, -0.2) is 40.9 Å². The first-order valence-corrected chi connectivity index (χ1v) is 15.5. The fourth-order valence-corrected chi connectivity index (χ4v) is 7.85. The first-order chi connectivity index (χ1) is 21.5. The molecule has 0 bridgehead atoms. The average molecular weight is 556 g/mol. The summed E-state index contributed by atoms with van der Waals surface area (Å²) in [6, 6.07) is 42.3. The summed E-state index contributed by atoms with van der Waals surface area (Å²) >= 11 is 0. The summed E-state index contributed by atoms with van der Waals surface area (Å²) in [4.78, 5) is 3.72. The Hall–Kier alpha value is -5.08.